The number of hydrogen-bond donors (Lipinski definition) is 2. The highest BCUT2D eigenvalue weighted by atomic mass is 35.5. The Bertz CT molecular complexity index is 968. The monoisotopic (exact) mass is 432 g/mol. The third-order valence-electron chi connectivity index (χ3n) is 4.08. The van der Waals surface area contributed by atoms with Gasteiger partial charge in [0.05, 0.1) is 15.6 Å². The van der Waals surface area contributed by atoms with Crippen molar-refractivity contribution in [3.05, 3.63) is 69.2 Å². The van der Waals surface area contributed by atoms with Crippen LogP contribution in [0.4, 0.5) is 11.4 Å². The summed E-state index contributed by atoms with van der Waals surface area (Å²) in [6, 6.07) is 13.6. The first-order valence-corrected chi connectivity index (χ1v) is 9.98. The van der Waals surface area contributed by atoms with E-state index in [-0.39, 0.29) is 28.7 Å². The lowest BCUT2D eigenvalue weighted by Crippen LogP contribution is -2.28. The standard InChI is InChI=1S/C19H17ClN4O4S/c20-14-7-6-13(24(27)28)10-15(14)22-17(25)11-16-18(26)23-19(29-16)21-9-8-12-4-2-1-3-5-12/h1-7,10,16H,8-9,11H2,(H,22,25)(H,21,23,26)/t16-/m1/s1. The number of thioether (sulfide) groups is 1. The van der Waals surface area contributed by atoms with Crippen LogP contribution < -0.4 is 10.6 Å². The van der Waals surface area contributed by atoms with Gasteiger partial charge in [0.15, 0.2) is 5.17 Å². The minimum absolute atomic E-state index is 0.104. The Labute approximate surface area is 175 Å². The van der Waals surface area contributed by atoms with Crippen LogP contribution in [0.25, 0.3) is 0 Å². The molecule has 0 aliphatic carbocycles. The van der Waals surface area contributed by atoms with E-state index in [4.69, 9.17) is 11.6 Å². The molecule has 0 bridgehead atoms. The fraction of sp³-hybridized carbons (Fsp3) is 0.211. The summed E-state index contributed by atoms with van der Waals surface area (Å²) in [7, 11) is 0. The van der Waals surface area contributed by atoms with E-state index >= 15 is 0 Å². The SMILES string of the molecule is O=C(C[C@H]1SC(=NCCc2ccccc2)NC1=O)Nc1cc([N+](=O)[O-])ccc1Cl. The van der Waals surface area contributed by atoms with E-state index in [2.05, 4.69) is 15.6 Å². The van der Waals surface area contributed by atoms with Gasteiger partial charge in [-0.15, -0.1) is 0 Å². The number of non-ortho nitro benzene ring substituents is 1. The fourth-order valence-corrected chi connectivity index (χ4v) is 3.80. The van der Waals surface area contributed by atoms with Gasteiger partial charge in [0.25, 0.3) is 5.69 Å². The van der Waals surface area contributed by atoms with Crippen molar-refractivity contribution in [1.29, 1.82) is 0 Å². The molecule has 2 N–H and O–H groups in total. The van der Waals surface area contributed by atoms with Crippen LogP contribution >= 0.6 is 23.4 Å². The zero-order valence-corrected chi connectivity index (χ0v) is 16.7. The van der Waals surface area contributed by atoms with E-state index in [0.717, 1.165) is 12.0 Å². The van der Waals surface area contributed by atoms with Gasteiger partial charge < -0.3 is 10.6 Å². The number of benzene rings is 2. The second-order valence-corrected chi connectivity index (χ2v) is 7.79. The molecule has 1 aliphatic rings. The lowest BCUT2D eigenvalue weighted by atomic mass is 10.2. The Morgan fingerprint density at radius 1 is 1.28 bits per heavy atom. The average molecular weight is 433 g/mol. The number of nitrogens with zero attached hydrogens (tertiary/aromatic N) is 2. The molecule has 29 heavy (non-hydrogen) atoms. The lowest BCUT2D eigenvalue weighted by molar-refractivity contribution is -0.384. The lowest BCUT2D eigenvalue weighted by Gasteiger charge is -2.08. The molecule has 2 aromatic carbocycles. The first kappa shape index (κ1) is 20.8. The van der Waals surface area contributed by atoms with E-state index < -0.39 is 16.1 Å². The summed E-state index contributed by atoms with van der Waals surface area (Å²) in [5, 5.41) is 16.1. The third-order valence-corrected chi connectivity index (χ3v) is 5.53. The van der Waals surface area contributed by atoms with Crippen molar-refractivity contribution < 1.29 is 14.5 Å². The molecule has 2 aromatic rings. The number of amides is 2. The number of anilines is 1. The molecule has 1 heterocycles. The normalized spacial score (nSPS) is 17.2. The largest absolute Gasteiger partial charge is 0.325 e. The minimum atomic E-state index is -0.622. The van der Waals surface area contributed by atoms with Crippen LogP contribution in [0.1, 0.15) is 12.0 Å². The van der Waals surface area contributed by atoms with Crippen molar-refractivity contribution in [3.8, 4) is 0 Å². The molecule has 1 atom stereocenters. The van der Waals surface area contributed by atoms with E-state index in [1.54, 1.807) is 0 Å². The highest BCUT2D eigenvalue weighted by molar-refractivity contribution is 8.15. The molecule has 0 saturated carbocycles. The molecule has 8 nitrogen and oxygen atoms in total. The van der Waals surface area contributed by atoms with Crippen LogP contribution in [0, 0.1) is 10.1 Å². The van der Waals surface area contributed by atoms with Gasteiger partial charge in [0, 0.05) is 25.1 Å². The van der Waals surface area contributed by atoms with Gasteiger partial charge in [-0.05, 0) is 18.1 Å². The average Bonchev–Trinajstić information content (AvgIpc) is 3.03. The van der Waals surface area contributed by atoms with E-state index in [0.29, 0.717) is 11.7 Å². The summed E-state index contributed by atoms with van der Waals surface area (Å²) in [4.78, 5) is 39.0. The van der Waals surface area contributed by atoms with Crippen molar-refractivity contribution in [1.82, 2.24) is 5.32 Å². The fourth-order valence-electron chi connectivity index (χ4n) is 2.64. The van der Waals surface area contributed by atoms with E-state index in [1.807, 2.05) is 30.3 Å². The number of amidine groups is 1. The predicted octanol–water partition coefficient (Wildman–Crippen LogP) is 3.41. The molecular weight excluding hydrogens is 416 g/mol. The van der Waals surface area contributed by atoms with Crippen LogP contribution in [0.3, 0.4) is 0 Å². The minimum Gasteiger partial charge on any atom is -0.325 e. The summed E-state index contributed by atoms with van der Waals surface area (Å²) in [6.07, 6.45) is 0.643. The van der Waals surface area contributed by atoms with Gasteiger partial charge in [-0.25, -0.2) is 0 Å². The quantitative estimate of drug-likeness (QED) is 0.514. The predicted molar refractivity (Wildman–Crippen MR) is 113 cm³/mol. The number of aliphatic imine (C=N–C) groups is 1. The van der Waals surface area contributed by atoms with Crippen LogP contribution in [-0.2, 0) is 16.0 Å². The molecule has 150 valence electrons. The highest BCUT2D eigenvalue weighted by Crippen LogP contribution is 2.28. The van der Waals surface area contributed by atoms with Gasteiger partial charge in [-0.1, -0.05) is 53.7 Å². The Kier molecular flexibility index (Phi) is 6.84. The highest BCUT2D eigenvalue weighted by Gasteiger charge is 2.32. The summed E-state index contributed by atoms with van der Waals surface area (Å²) in [5.41, 5.74) is 1.09. The second-order valence-electron chi connectivity index (χ2n) is 6.19. The number of halogens is 1. The number of nitro groups is 1. The summed E-state index contributed by atoms with van der Waals surface area (Å²) in [6.45, 7) is 0.523. The van der Waals surface area contributed by atoms with Crippen molar-refractivity contribution >= 4 is 51.7 Å². The van der Waals surface area contributed by atoms with Crippen molar-refractivity contribution in [2.45, 2.75) is 18.1 Å². The zero-order valence-electron chi connectivity index (χ0n) is 15.1. The van der Waals surface area contributed by atoms with Crippen molar-refractivity contribution in [2.75, 3.05) is 11.9 Å². The molecule has 1 saturated heterocycles. The van der Waals surface area contributed by atoms with Crippen LogP contribution in [0.2, 0.25) is 5.02 Å². The maximum Gasteiger partial charge on any atom is 0.271 e. The summed E-state index contributed by atoms with van der Waals surface area (Å²) in [5.74, 6) is -0.765. The van der Waals surface area contributed by atoms with E-state index in [9.17, 15) is 19.7 Å². The van der Waals surface area contributed by atoms with Gasteiger partial charge in [-0.2, -0.15) is 0 Å². The van der Waals surface area contributed by atoms with Crippen LogP contribution in [0.15, 0.2) is 53.5 Å². The number of carbonyl (C=O) groups excluding carboxylic acids is 2. The van der Waals surface area contributed by atoms with Crippen LogP contribution in [0.5, 0.6) is 0 Å². The maximum atomic E-state index is 12.3. The molecule has 1 fully saturated rings. The second kappa shape index (κ2) is 9.53. The molecule has 0 aromatic heterocycles. The Morgan fingerprint density at radius 2 is 2.03 bits per heavy atom. The molecule has 0 unspecified atom stereocenters. The first-order chi connectivity index (χ1) is 13.9. The number of nitrogens with one attached hydrogen (secondary N) is 2. The van der Waals surface area contributed by atoms with Gasteiger partial charge >= 0.3 is 0 Å². The van der Waals surface area contributed by atoms with Gasteiger partial charge in [0.1, 0.15) is 5.25 Å². The molecule has 0 radical (unpaired) electrons. The molecular formula is C19H17ClN4O4S. The molecule has 2 amide bonds. The smallest absolute Gasteiger partial charge is 0.271 e. The van der Waals surface area contributed by atoms with Crippen molar-refractivity contribution in [3.63, 3.8) is 0 Å². The third kappa shape index (κ3) is 5.78. The molecule has 0 spiro atoms. The Hall–Kier alpha value is -2.91. The number of carbonyl (C=O) groups is 2. The Morgan fingerprint density at radius 3 is 2.76 bits per heavy atom. The van der Waals surface area contributed by atoms with Gasteiger partial charge in [-0.3, -0.25) is 24.7 Å². The number of nitro benzene ring substituents is 1. The van der Waals surface area contributed by atoms with Crippen LogP contribution in [-0.4, -0.2) is 33.7 Å². The summed E-state index contributed by atoms with van der Waals surface area (Å²) >= 11 is 7.17. The zero-order chi connectivity index (χ0) is 20.8. The van der Waals surface area contributed by atoms with E-state index in [1.165, 1.54) is 30.0 Å². The maximum absolute atomic E-state index is 12.3. The Balaban J connectivity index is 1.54. The summed E-state index contributed by atoms with van der Waals surface area (Å²) < 4.78 is 0. The molecule has 10 heteroatoms. The van der Waals surface area contributed by atoms with Gasteiger partial charge in [0.2, 0.25) is 11.8 Å². The molecule has 1 aliphatic heterocycles. The number of rotatable bonds is 7. The topological polar surface area (TPSA) is 114 Å². The first-order valence-electron chi connectivity index (χ1n) is 8.72. The van der Waals surface area contributed by atoms with Crippen molar-refractivity contribution in [2.24, 2.45) is 4.99 Å². The number of hydrogen-bond acceptors (Lipinski definition) is 6. The molecule has 3 rings (SSSR count).